The minimum Gasteiger partial charge on any atom is -0.478 e. The van der Waals surface area contributed by atoms with Gasteiger partial charge in [0, 0.05) is 10.5 Å². The fraction of sp³-hybridized carbons (Fsp3) is 0.286. The maximum Gasteiger partial charge on any atom is 0.347 e. The zero-order chi connectivity index (χ0) is 20.3. The van der Waals surface area contributed by atoms with Gasteiger partial charge in [0.2, 0.25) is 0 Å². The van der Waals surface area contributed by atoms with Gasteiger partial charge in [0.15, 0.2) is 5.60 Å². The lowest BCUT2D eigenvalue weighted by Crippen LogP contribution is -2.38. The van der Waals surface area contributed by atoms with E-state index in [2.05, 4.69) is 41.4 Å². The summed E-state index contributed by atoms with van der Waals surface area (Å²) in [6, 6.07) is 14.0. The van der Waals surface area contributed by atoms with Crippen LogP contribution < -0.4 is 4.74 Å². The van der Waals surface area contributed by atoms with Crippen LogP contribution in [0.4, 0.5) is 0 Å². The third-order valence-electron chi connectivity index (χ3n) is 4.15. The first-order chi connectivity index (χ1) is 13.2. The maximum atomic E-state index is 11.2. The quantitative estimate of drug-likeness (QED) is 0.525. The summed E-state index contributed by atoms with van der Waals surface area (Å²) in [5.74, 6) is 0.310. The number of hydrogen-bond donors (Lipinski definition) is 1. The van der Waals surface area contributed by atoms with Crippen LogP contribution in [-0.2, 0) is 10.5 Å². The fourth-order valence-electron chi connectivity index (χ4n) is 2.41. The van der Waals surface area contributed by atoms with Crippen molar-refractivity contribution in [2.45, 2.75) is 43.9 Å². The second-order valence-electron chi connectivity index (χ2n) is 7.00. The molecule has 0 saturated carbocycles. The molecular weight excluding hydrogens is 392 g/mol. The molecule has 7 heteroatoms. The Balaban J connectivity index is 1.64. The van der Waals surface area contributed by atoms with E-state index in [1.165, 1.54) is 5.56 Å². The lowest BCUT2D eigenvalue weighted by Gasteiger charge is -2.22. The van der Waals surface area contributed by atoms with E-state index in [4.69, 9.17) is 4.74 Å². The van der Waals surface area contributed by atoms with Crippen LogP contribution in [0.15, 0.2) is 47.4 Å². The number of rotatable bonds is 7. The number of benzene rings is 2. The monoisotopic (exact) mass is 414 g/mol. The number of aromatic nitrogens is 2. The van der Waals surface area contributed by atoms with Crippen molar-refractivity contribution in [1.82, 2.24) is 10.2 Å². The minimum atomic E-state index is -1.27. The molecule has 3 aromatic rings. The standard InChI is InChI=1S/C21H22N2O3S2/c1-13-5-7-15(8-6-13)19-23-22-18(28-19)12-27-16-9-10-17(14(2)11-16)26-21(3,4)20(24)25/h5-11H,12H2,1-4H3,(H,24,25). The predicted molar refractivity (Wildman–Crippen MR) is 113 cm³/mol. The fourth-order valence-corrected chi connectivity index (χ4v) is 4.24. The number of thioether (sulfide) groups is 1. The van der Waals surface area contributed by atoms with Gasteiger partial charge in [-0.3, -0.25) is 0 Å². The Bertz CT molecular complexity index is 982. The third kappa shape index (κ3) is 4.91. The van der Waals surface area contributed by atoms with Gasteiger partial charge >= 0.3 is 5.97 Å². The number of aryl methyl sites for hydroxylation is 2. The van der Waals surface area contributed by atoms with E-state index in [-0.39, 0.29) is 0 Å². The van der Waals surface area contributed by atoms with Gasteiger partial charge in [0.25, 0.3) is 0 Å². The van der Waals surface area contributed by atoms with E-state index in [9.17, 15) is 9.90 Å². The summed E-state index contributed by atoms with van der Waals surface area (Å²) in [5.41, 5.74) is 1.94. The first-order valence-corrected chi connectivity index (χ1v) is 10.6. The van der Waals surface area contributed by atoms with Gasteiger partial charge < -0.3 is 9.84 Å². The summed E-state index contributed by atoms with van der Waals surface area (Å²) in [4.78, 5) is 12.3. The first kappa shape index (κ1) is 20.4. The molecule has 0 atom stereocenters. The highest BCUT2D eigenvalue weighted by Gasteiger charge is 2.29. The molecular formula is C21H22N2O3S2. The summed E-state index contributed by atoms with van der Waals surface area (Å²) in [6.45, 7) is 7.06. The minimum absolute atomic E-state index is 0.578. The molecule has 1 aromatic heterocycles. The van der Waals surface area contributed by atoms with Crippen molar-refractivity contribution in [3.05, 3.63) is 58.6 Å². The highest BCUT2D eigenvalue weighted by atomic mass is 32.2. The molecule has 0 aliphatic heterocycles. The van der Waals surface area contributed by atoms with E-state index in [1.54, 1.807) is 36.9 Å². The van der Waals surface area contributed by atoms with E-state index in [1.807, 2.05) is 25.1 Å². The van der Waals surface area contributed by atoms with Gasteiger partial charge in [-0.1, -0.05) is 41.2 Å². The van der Waals surface area contributed by atoms with Crippen LogP contribution in [0.2, 0.25) is 0 Å². The Labute approximate surface area is 172 Å². The Hall–Kier alpha value is -2.38. The topological polar surface area (TPSA) is 72.3 Å². The molecule has 0 fully saturated rings. The van der Waals surface area contributed by atoms with E-state index in [0.29, 0.717) is 5.75 Å². The molecule has 0 spiro atoms. The number of nitrogens with zero attached hydrogens (tertiary/aromatic N) is 2. The molecule has 1 heterocycles. The molecule has 0 aliphatic rings. The first-order valence-electron chi connectivity index (χ1n) is 8.80. The predicted octanol–water partition coefficient (Wildman–Crippen LogP) is 5.36. The smallest absolute Gasteiger partial charge is 0.347 e. The highest BCUT2D eigenvalue weighted by Crippen LogP contribution is 2.32. The molecule has 0 radical (unpaired) electrons. The van der Waals surface area contributed by atoms with E-state index in [0.717, 1.165) is 31.8 Å². The van der Waals surface area contributed by atoms with Crippen LogP contribution >= 0.6 is 23.1 Å². The molecule has 5 nitrogen and oxygen atoms in total. The summed E-state index contributed by atoms with van der Waals surface area (Å²) >= 11 is 3.26. The number of ether oxygens (including phenoxy) is 1. The SMILES string of the molecule is Cc1ccc(-c2nnc(CSc3ccc(OC(C)(C)C(=O)O)c(C)c3)s2)cc1. The second kappa shape index (κ2) is 8.32. The molecule has 0 amide bonds. The molecule has 0 unspecified atom stereocenters. The summed E-state index contributed by atoms with van der Waals surface area (Å²) in [5, 5.41) is 19.7. The Morgan fingerprint density at radius 1 is 1.14 bits per heavy atom. The average molecular weight is 415 g/mol. The Kier molecular flexibility index (Phi) is 6.05. The van der Waals surface area contributed by atoms with E-state index >= 15 is 0 Å². The van der Waals surface area contributed by atoms with Crippen LogP contribution in [0, 0.1) is 13.8 Å². The molecule has 0 bridgehead atoms. The van der Waals surface area contributed by atoms with Gasteiger partial charge in [0.05, 0.1) is 5.75 Å². The molecule has 3 rings (SSSR count). The average Bonchev–Trinajstić information content (AvgIpc) is 3.11. The highest BCUT2D eigenvalue weighted by molar-refractivity contribution is 7.98. The molecule has 0 aliphatic carbocycles. The van der Waals surface area contributed by atoms with Crippen molar-refractivity contribution in [1.29, 1.82) is 0 Å². The van der Waals surface area contributed by atoms with Crippen molar-refractivity contribution in [3.8, 4) is 16.3 Å². The number of carbonyl (C=O) groups is 1. The van der Waals surface area contributed by atoms with Crippen LogP contribution in [0.5, 0.6) is 5.75 Å². The largest absolute Gasteiger partial charge is 0.478 e. The lowest BCUT2D eigenvalue weighted by molar-refractivity contribution is -0.152. The van der Waals surface area contributed by atoms with Crippen molar-refractivity contribution in [2.75, 3.05) is 0 Å². The van der Waals surface area contributed by atoms with Crippen molar-refractivity contribution >= 4 is 29.1 Å². The van der Waals surface area contributed by atoms with Gasteiger partial charge in [-0.2, -0.15) is 0 Å². The van der Waals surface area contributed by atoms with Gasteiger partial charge in [-0.05, 0) is 51.5 Å². The Morgan fingerprint density at radius 3 is 2.50 bits per heavy atom. The number of hydrogen-bond acceptors (Lipinski definition) is 6. The van der Waals surface area contributed by atoms with Crippen LogP contribution in [0.1, 0.15) is 30.0 Å². The summed E-state index contributed by atoms with van der Waals surface area (Å²) in [7, 11) is 0. The zero-order valence-corrected chi connectivity index (χ0v) is 17.9. The molecule has 1 N–H and O–H groups in total. The summed E-state index contributed by atoms with van der Waals surface area (Å²) in [6.07, 6.45) is 0. The molecule has 28 heavy (non-hydrogen) atoms. The van der Waals surface area contributed by atoms with Gasteiger partial charge in [-0.25, -0.2) is 4.79 Å². The van der Waals surface area contributed by atoms with Gasteiger partial charge in [0.1, 0.15) is 15.8 Å². The lowest BCUT2D eigenvalue weighted by atomic mass is 10.1. The van der Waals surface area contributed by atoms with Crippen LogP contribution in [-0.4, -0.2) is 26.9 Å². The van der Waals surface area contributed by atoms with Crippen molar-refractivity contribution in [2.24, 2.45) is 0 Å². The molecule has 0 saturated heterocycles. The number of carboxylic acid groups (broad SMARTS) is 1. The Morgan fingerprint density at radius 2 is 1.86 bits per heavy atom. The number of aliphatic carboxylic acids is 1. The summed E-state index contributed by atoms with van der Waals surface area (Å²) < 4.78 is 5.64. The normalized spacial score (nSPS) is 11.4. The zero-order valence-electron chi connectivity index (χ0n) is 16.2. The van der Waals surface area contributed by atoms with Crippen LogP contribution in [0.25, 0.3) is 10.6 Å². The second-order valence-corrected chi connectivity index (χ2v) is 9.11. The van der Waals surface area contributed by atoms with Gasteiger partial charge in [-0.15, -0.1) is 22.0 Å². The molecule has 2 aromatic carbocycles. The van der Waals surface area contributed by atoms with E-state index < -0.39 is 11.6 Å². The van der Waals surface area contributed by atoms with Crippen molar-refractivity contribution < 1.29 is 14.6 Å². The third-order valence-corrected chi connectivity index (χ3v) is 6.31. The van der Waals surface area contributed by atoms with Crippen LogP contribution in [0.3, 0.4) is 0 Å². The maximum absolute atomic E-state index is 11.2. The number of carboxylic acids is 1. The molecule has 146 valence electrons. The van der Waals surface area contributed by atoms with Crippen molar-refractivity contribution in [3.63, 3.8) is 0 Å².